The Hall–Kier alpha value is -4.17. The first kappa shape index (κ1) is 22.6. The Morgan fingerprint density at radius 3 is 2.37 bits per heavy atom. The molecular formula is C27H21FN2O4S. The highest BCUT2D eigenvalue weighted by molar-refractivity contribution is 7.92. The van der Waals surface area contributed by atoms with Crippen molar-refractivity contribution in [3.05, 3.63) is 108 Å². The number of hydrogen-bond donors (Lipinski definition) is 1. The summed E-state index contributed by atoms with van der Waals surface area (Å²) in [6, 6.07) is 25.3. The second-order valence-electron chi connectivity index (χ2n) is 8.21. The number of para-hydroxylation sites is 1. The van der Waals surface area contributed by atoms with Gasteiger partial charge in [-0.15, -0.1) is 0 Å². The van der Waals surface area contributed by atoms with E-state index in [2.05, 4.69) is 5.32 Å². The lowest BCUT2D eigenvalue weighted by molar-refractivity contribution is 0.102. The molecule has 5 rings (SSSR count). The Kier molecular flexibility index (Phi) is 5.74. The molecule has 6 nitrogen and oxygen atoms in total. The highest BCUT2D eigenvalue weighted by atomic mass is 32.2. The van der Waals surface area contributed by atoms with Crippen LogP contribution in [0.25, 0.3) is 21.9 Å². The number of amides is 1. The molecule has 0 aliphatic carbocycles. The number of halogens is 1. The van der Waals surface area contributed by atoms with E-state index in [9.17, 15) is 17.6 Å². The fourth-order valence-corrected chi connectivity index (χ4v) is 4.85. The molecule has 1 N–H and O–H groups in total. The highest BCUT2D eigenvalue weighted by Crippen LogP contribution is 2.30. The van der Waals surface area contributed by atoms with Crippen molar-refractivity contribution in [2.24, 2.45) is 0 Å². The maximum atomic E-state index is 13.6. The van der Waals surface area contributed by atoms with E-state index in [-0.39, 0.29) is 18.1 Å². The summed E-state index contributed by atoms with van der Waals surface area (Å²) in [7, 11) is -3.65. The lowest BCUT2D eigenvalue weighted by atomic mass is 10.1. The van der Waals surface area contributed by atoms with Gasteiger partial charge in [0, 0.05) is 28.1 Å². The molecule has 0 bridgehead atoms. The largest absolute Gasteiger partial charge is 0.456 e. The van der Waals surface area contributed by atoms with Crippen LogP contribution in [-0.4, -0.2) is 20.6 Å². The molecule has 176 valence electrons. The number of hydrogen-bond acceptors (Lipinski definition) is 4. The third-order valence-corrected chi connectivity index (χ3v) is 6.82. The van der Waals surface area contributed by atoms with Crippen molar-refractivity contribution in [1.29, 1.82) is 0 Å². The van der Waals surface area contributed by atoms with Gasteiger partial charge in [0.05, 0.1) is 18.5 Å². The van der Waals surface area contributed by atoms with Crippen molar-refractivity contribution < 1.29 is 22.0 Å². The van der Waals surface area contributed by atoms with Gasteiger partial charge in [-0.25, -0.2) is 12.8 Å². The molecule has 0 spiro atoms. The lowest BCUT2D eigenvalue weighted by Gasteiger charge is -2.22. The number of furan rings is 1. The van der Waals surface area contributed by atoms with Gasteiger partial charge in [-0.3, -0.25) is 9.10 Å². The third kappa shape index (κ3) is 4.74. The minimum atomic E-state index is -3.65. The number of anilines is 2. The van der Waals surface area contributed by atoms with Crippen molar-refractivity contribution in [2.75, 3.05) is 15.9 Å². The van der Waals surface area contributed by atoms with Gasteiger partial charge in [-0.05, 0) is 54.1 Å². The predicted molar refractivity (Wildman–Crippen MR) is 136 cm³/mol. The van der Waals surface area contributed by atoms with Gasteiger partial charge in [-0.2, -0.15) is 0 Å². The van der Waals surface area contributed by atoms with Crippen molar-refractivity contribution in [3.8, 4) is 0 Å². The zero-order chi connectivity index (χ0) is 24.6. The fourth-order valence-electron chi connectivity index (χ4n) is 3.97. The number of carbonyl (C=O) groups excluding carboxylic acids is 1. The van der Waals surface area contributed by atoms with Crippen molar-refractivity contribution in [1.82, 2.24) is 0 Å². The summed E-state index contributed by atoms with van der Waals surface area (Å²) in [6.45, 7) is 0.00685. The molecule has 35 heavy (non-hydrogen) atoms. The molecular weight excluding hydrogens is 467 g/mol. The fraction of sp³-hybridized carbons (Fsp3) is 0.0741. The van der Waals surface area contributed by atoms with Gasteiger partial charge in [0.2, 0.25) is 10.0 Å². The van der Waals surface area contributed by atoms with Crippen molar-refractivity contribution in [2.45, 2.75) is 6.54 Å². The van der Waals surface area contributed by atoms with Crippen LogP contribution in [0.1, 0.15) is 15.9 Å². The second kappa shape index (κ2) is 8.88. The van der Waals surface area contributed by atoms with Crippen LogP contribution in [-0.2, 0) is 16.6 Å². The van der Waals surface area contributed by atoms with Crippen LogP contribution in [0.15, 0.2) is 95.4 Å². The number of rotatable bonds is 6. The molecule has 1 amide bonds. The van der Waals surface area contributed by atoms with Crippen LogP contribution >= 0.6 is 0 Å². The summed E-state index contributed by atoms with van der Waals surface area (Å²) in [5.74, 6) is -0.832. The number of benzene rings is 4. The monoisotopic (exact) mass is 488 g/mol. The zero-order valence-electron chi connectivity index (χ0n) is 18.7. The predicted octanol–water partition coefficient (Wildman–Crippen LogP) is 5.94. The Balaban J connectivity index is 1.33. The normalized spacial score (nSPS) is 11.6. The molecule has 0 unspecified atom stereocenters. The van der Waals surface area contributed by atoms with E-state index in [0.717, 1.165) is 26.9 Å². The van der Waals surface area contributed by atoms with Gasteiger partial charge >= 0.3 is 0 Å². The zero-order valence-corrected chi connectivity index (χ0v) is 19.6. The molecule has 4 aromatic carbocycles. The van der Waals surface area contributed by atoms with E-state index in [1.54, 1.807) is 30.3 Å². The van der Waals surface area contributed by atoms with Crippen molar-refractivity contribution >= 4 is 49.2 Å². The molecule has 0 saturated heterocycles. The minimum absolute atomic E-state index is 0.00685. The van der Waals surface area contributed by atoms with Crippen molar-refractivity contribution in [3.63, 3.8) is 0 Å². The SMILES string of the molecule is CS(=O)(=O)N(Cc1ccc(C(=O)Nc2ccc3c(c2)oc2ccccc23)cc1)c1cccc(F)c1. The average Bonchev–Trinajstić information content (AvgIpc) is 3.20. The molecule has 0 atom stereocenters. The molecule has 1 heterocycles. The van der Waals surface area contributed by atoms with Gasteiger partial charge < -0.3 is 9.73 Å². The quantitative estimate of drug-likeness (QED) is 0.321. The molecule has 0 saturated carbocycles. The van der Waals surface area contributed by atoms with Crippen LogP contribution in [0.3, 0.4) is 0 Å². The summed E-state index contributed by atoms with van der Waals surface area (Å²) in [4.78, 5) is 12.8. The maximum Gasteiger partial charge on any atom is 0.255 e. The van der Waals surface area contributed by atoms with Crippen LogP contribution in [0.4, 0.5) is 15.8 Å². The summed E-state index contributed by atoms with van der Waals surface area (Å²) in [6.07, 6.45) is 1.07. The summed E-state index contributed by atoms with van der Waals surface area (Å²) in [5.41, 5.74) is 3.35. The molecule has 0 fully saturated rings. The van der Waals surface area contributed by atoms with E-state index in [1.807, 2.05) is 36.4 Å². The summed E-state index contributed by atoms with van der Waals surface area (Å²) >= 11 is 0. The Labute approximate surface area is 201 Å². The number of carbonyl (C=O) groups is 1. The van der Waals surface area contributed by atoms with E-state index >= 15 is 0 Å². The first-order valence-corrected chi connectivity index (χ1v) is 12.7. The molecule has 0 radical (unpaired) electrons. The van der Waals surface area contributed by atoms with Crippen LogP contribution in [0.5, 0.6) is 0 Å². The Morgan fingerprint density at radius 1 is 0.886 bits per heavy atom. The van der Waals surface area contributed by atoms with E-state index < -0.39 is 15.8 Å². The standard InChI is InChI=1S/C27H21FN2O4S/c1-35(32,33)30(22-6-4-5-20(28)15-22)17-18-9-11-19(12-10-18)27(31)29-21-13-14-24-23-7-2-3-8-25(23)34-26(24)16-21/h2-16H,17H2,1H3,(H,29,31). The van der Waals surface area contributed by atoms with Crippen LogP contribution < -0.4 is 9.62 Å². The summed E-state index contributed by atoms with van der Waals surface area (Å²) < 4.78 is 45.3. The van der Waals surface area contributed by atoms with E-state index in [4.69, 9.17) is 4.42 Å². The first-order valence-electron chi connectivity index (χ1n) is 10.8. The molecule has 5 aromatic rings. The topological polar surface area (TPSA) is 79.6 Å². The Bertz CT molecular complexity index is 1660. The maximum absolute atomic E-state index is 13.6. The smallest absolute Gasteiger partial charge is 0.255 e. The number of nitrogens with zero attached hydrogens (tertiary/aromatic N) is 1. The second-order valence-corrected chi connectivity index (χ2v) is 10.1. The van der Waals surface area contributed by atoms with Gasteiger partial charge in [0.25, 0.3) is 5.91 Å². The Morgan fingerprint density at radius 2 is 1.63 bits per heavy atom. The third-order valence-electron chi connectivity index (χ3n) is 5.68. The number of sulfonamides is 1. The van der Waals surface area contributed by atoms with E-state index in [0.29, 0.717) is 22.4 Å². The molecule has 0 aliphatic rings. The molecule has 8 heteroatoms. The first-order chi connectivity index (χ1) is 16.8. The lowest BCUT2D eigenvalue weighted by Crippen LogP contribution is -2.29. The number of fused-ring (bicyclic) bond motifs is 3. The van der Waals surface area contributed by atoms with Gasteiger partial charge in [0.1, 0.15) is 17.0 Å². The molecule has 1 aromatic heterocycles. The van der Waals surface area contributed by atoms with Gasteiger partial charge in [0.15, 0.2) is 0 Å². The average molecular weight is 489 g/mol. The number of nitrogens with one attached hydrogen (secondary N) is 1. The highest BCUT2D eigenvalue weighted by Gasteiger charge is 2.19. The van der Waals surface area contributed by atoms with Gasteiger partial charge in [-0.1, -0.05) is 36.4 Å². The summed E-state index contributed by atoms with van der Waals surface area (Å²) in [5, 5.41) is 4.84. The van der Waals surface area contributed by atoms with Crippen LogP contribution in [0.2, 0.25) is 0 Å². The van der Waals surface area contributed by atoms with Crippen LogP contribution in [0, 0.1) is 5.82 Å². The van der Waals surface area contributed by atoms with E-state index in [1.165, 1.54) is 24.3 Å². The minimum Gasteiger partial charge on any atom is -0.456 e. The molecule has 0 aliphatic heterocycles.